The van der Waals surface area contributed by atoms with Crippen LogP contribution in [-0.2, 0) is 11.3 Å². The summed E-state index contributed by atoms with van der Waals surface area (Å²) in [5.74, 6) is 1.01. The fourth-order valence-corrected chi connectivity index (χ4v) is 5.09. The SMILES string of the molecule is CCCN(CCC)c1nc2c(C)cccn2c(=O)c1/C=C1/SC(=S)N(Cc2ccco2)C1=O. The van der Waals surface area contributed by atoms with Gasteiger partial charge in [0.05, 0.1) is 23.3 Å². The number of aryl methyl sites for hydroxylation is 1. The van der Waals surface area contributed by atoms with E-state index in [-0.39, 0.29) is 18.0 Å². The third-order valence-corrected chi connectivity index (χ3v) is 6.77. The molecule has 172 valence electrons. The molecule has 3 aromatic heterocycles. The molecular weight excluding hydrogens is 456 g/mol. The van der Waals surface area contributed by atoms with E-state index in [0.29, 0.717) is 32.0 Å². The molecular formula is C24H26N4O3S2. The number of furan rings is 1. The number of nitrogens with zero attached hydrogens (tertiary/aromatic N) is 4. The van der Waals surface area contributed by atoms with Gasteiger partial charge in [-0.3, -0.25) is 18.9 Å². The van der Waals surface area contributed by atoms with Crippen LogP contribution in [0.1, 0.15) is 43.6 Å². The Morgan fingerprint density at radius 3 is 2.61 bits per heavy atom. The number of hydrogen-bond acceptors (Lipinski definition) is 7. The third kappa shape index (κ3) is 4.60. The van der Waals surface area contributed by atoms with E-state index in [2.05, 4.69) is 18.7 Å². The van der Waals surface area contributed by atoms with E-state index in [1.807, 2.05) is 19.1 Å². The van der Waals surface area contributed by atoms with Crippen LogP contribution in [0.2, 0.25) is 0 Å². The van der Waals surface area contributed by atoms with Crippen molar-refractivity contribution in [2.45, 2.75) is 40.2 Å². The molecule has 1 fully saturated rings. The average molecular weight is 483 g/mol. The van der Waals surface area contributed by atoms with E-state index in [4.69, 9.17) is 21.6 Å². The van der Waals surface area contributed by atoms with Crippen LogP contribution in [0.25, 0.3) is 11.7 Å². The summed E-state index contributed by atoms with van der Waals surface area (Å²) in [4.78, 5) is 35.7. The molecule has 9 heteroatoms. The van der Waals surface area contributed by atoms with E-state index >= 15 is 0 Å². The minimum atomic E-state index is -0.237. The molecule has 0 aliphatic carbocycles. The van der Waals surface area contributed by atoms with Gasteiger partial charge in [0.1, 0.15) is 21.5 Å². The second kappa shape index (κ2) is 9.93. The first-order chi connectivity index (χ1) is 15.9. The van der Waals surface area contributed by atoms with Crippen LogP contribution in [0, 0.1) is 6.92 Å². The Labute approximate surface area is 202 Å². The van der Waals surface area contributed by atoms with Crippen LogP contribution >= 0.6 is 24.0 Å². The first-order valence-electron chi connectivity index (χ1n) is 11.0. The number of pyridine rings is 1. The number of hydrogen-bond donors (Lipinski definition) is 0. The number of carbonyl (C=O) groups excluding carboxylic acids is 1. The van der Waals surface area contributed by atoms with Gasteiger partial charge in [0.2, 0.25) is 0 Å². The van der Waals surface area contributed by atoms with Gasteiger partial charge < -0.3 is 9.32 Å². The molecule has 1 saturated heterocycles. The first-order valence-corrected chi connectivity index (χ1v) is 12.2. The van der Waals surface area contributed by atoms with Gasteiger partial charge in [0.25, 0.3) is 11.5 Å². The number of fused-ring (bicyclic) bond motifs is 1. The predicted molar refractivity (Wildman–Crippen MR) is 136 cm³/mol. The zero-order valence-corrected chi connectivity index (χ0v) is 20.5. The molecule has 33 heavy (non-hydrogen) atoms. The van der Waals surface area contributed by atoms with E-state index in [9.17, 15) is 9.59 Å². The fraction of sp³-hybridized carbons (Fsp3) is 0.333. The molecule has 0 N–H and O–H groups in total. The molecule has 0 unspecified atom stereocenters. The van der Waals surface area contributed by atoms with Crippen LogP contribution in [0.5, 0.6) is 0 Å². The minimum Gasteiger partial charge on any atom is -0.467 e. The smallest absolute Gasteiger partial charge is 0.267 e. The van der Waals surface area contributed by atoms with Gasteiger partial charge in [0, 0.05) is 19.3 Å². The van der Waals surface area contributed by atoms with E-state index < -0.39 is 0 Å². The van der Waals surface area contributed by atoms with Crippen molar-refractivity contribution in [2.24, 2.45) is 0 Å². The van der Waals surface area contributed by atoms with Crippen LogP contribution in [0.3, 0.4) is 0 Å². The van der Waals surface area contributed by atoms with Crippen molar-refractivity contribution in [3.05, 3.63) is 68.9 Å². The van der Waals surface area contributed by atoms with E-state index in [0.717, 1.165) is 31.5 Å². The normalized spacial score (nSPS) is 15.2. The lowest BCUT2D eigenvalue weighted by Gasteiger charge is -2.25. The topological polar surface area (TPSA) is 71.1 Å². The molecule has 4 heterocycles. The van der Waals surface area contributed by atoms with Crippen molar-refractivity contribution < 1.29 is 9.21 Å². The Balaban J connectivity index is 1.83. The third-order valence-electron chi connectivity index (χ3n) is 5.39. The Bertz CT molecular complexity index is 1270. The predicted octanol–water partition coefficient (Wildman–Crippen LogP) is 4.62. The molecule has 7 nitrogen and oxygen atoms in total. The summed E-state index contributed by atoms with van der Waals surface area (Å²) >= 11 is 6.65. The molecule has 0 aromatic carbocycles. The lowest BCUT2D eigenvalue weighted by Crippen LogP contribution is -2.31. The molecule has 1 aliphatic rings. The maximum absolute atomic E-state index is 13.6. The monoisotopic (exact) mass is 482 g/mol. The largest absolute Gasteiger partial charge is 0.467 e. The van der Waals surface area contributed by atoms with Crippen molar-refractivity contribution in [3.63, 3.8) is 0 Å². The highest BCUT2D eigenvalue weighted by Gasteiger charge is 2.33. The van der Waals surface area contributed by atoms with Gasteiger partial charge in [-0.05, 0) is 49.6 Å². The second-order valence-electron chi connectivity index (χ2n) is 7.87. The summed E-state index contributed by atoms with van der Waals surface area (Å²) in [6.45, 7) is 7.93. The van der Waals surface area contributed by atoms with Gasteiger partial charge >= 0.3 is 0 Å². The zero-order chi connectivity index (χ0) is 23.5. The summed E-state index contributed by atoms with van der Waals surface area (Å²) in [5.41, 5.74) is 1.74. The highest BCUT2D eigenvalue weighted by atomic mass is 32.2. The number of anilines is 1. The average Bonchev–Trinajstić information content (AvgIpc) is 3.40. The van der Waals surface area contributed by atoms with E-state index in [1.54, 1.807) is 35.1 Å². The molecule has 0 saturated carbocycles. The second-order valence-corrected chi connectivity index (χ2v) is 9.55. The summed E-state index contributed by atoms with van der Waals surface area (Å²) in [6, 6.07) is 7.34. The first kappa shape index (κ1) is 23.3. The quantitative estimate of drug-likeness (QED) is 0.343. The molecule has 0 bridgehead atoms. The zero-order valence-electron chi connectivity index (χ0n) is 18.9. The number of thiocarbonyl (C=S) groups is 1. The fourth-order valence-electron chi connectivity index (χ4n) is 3.86. The number of carbonyl (C=O) groups is 1. The Morgan fingerprint density at radius 2 is 1.94 bits per heavy atom. The summed E-state index contributed by atoms with van der Waals surface area (Å²) in [5, 5.41) is 0. The standard InChI is InChI=1S/C24H26N4O3S2/c1-4-10-26(11-5-2)21-18(22(29)27-12-6-8-16(3)20(27)25-21)14-19-23(30)28(24(32)33-19)15-17-9-7-13-31-17/h6-9,12-14H,4-5,10-11,15H2,1-3H3/b19-14+. The number of thioether (sulfide) groups is 1. The number of rotatable bonds is 8. The van der Waals surface area contributed by atoms with Crippen molar-refractivity contribution in [1.29, 1.82) is 0 Å². The van der Waals surface area contributed by atoms with Crippen LogP contribution in [0.15, 0.2) is 50.8 Å². The lowest BCUT2D eigenvalue weighted by molar-refractivity contribution is -0.122. The molecule has 1 aliphatic heterocycles. The molecule has 1 amide bonds. The van der Waals surface area contributed by atoms with Crippen molar-refractivity contribution in [1.82, 2.24) is 14.3 Å². The summed E-state index contributed by atoms with van der Waals surface area (Å²) in [6.07, 6.45) is 6.76. The summed E-state index contributed by atoms with van der Waals surface area (Å²) in [7, 11) is 0. The van der Waals surface area contributed by atoms with E-state index in [1.165, 1.54) is 16.7 Å². The van der Waals surface area contributed by atoms with Crippen molar-refractivity contribution in [3.8, 4) is 0 Å². The number of aromatic nitrogens is 2. The summed E-state index contributed by atoms with van der Waals surface area (Å²) < 4.78 is 7.36. The van der Waals surface area contributed by atoms with Gasteiger partial charge in [-0.1, -0.05) is 43.9 Å². The van der Waals surface area contributed by atoms with Crippen molar-refractivity contribution in [2.75, 3.05) is 18.0 Å². The van der Waals surface area contributed by atoms with Gasteiger partial charge in [0.15, 0.2) is 0 Å². The molecule has 0 spiro atoms. The molecule has 0 atom stereocenters. The van der Waals surface area contributed by atoms with Crippen LogP contribution in [-0.4, -0.2) is 37.6 Å². The van der Waals surface area contributed by atoms with Gasteiger partial charge in [-0.2, -0.15) is 0 Å². The van der Waals surface area contributed by atoms with Gasteiger partial charge in [-0.25, -0.2) is 4.98 Å². The lowest BCUT2D eigenvalue weighted by atomic mass is 10.2. The molecule has 3 aromatic rings. The highest BCUT2D eigenvalue weighted by Crippen LogP contribution is 2.34. The minimum absolute atomic E-state index is 0.202. The highest BCUT2D eigenvalue weighted by molar-refractivity contribution is 8.26. The van der Waals surface area contributed by atoms with Gasteiger partial charge in [-0.15, -0.1) is 0 Å². The Hall–Kier alpha value is -2.91. The Kier molecular flexibility index (Phi) is 6.99. The number of amides is 1. The van der Waals surface area contributed by atoms with Crippen LogP contribution < -0.4 is 10.5 Å². The van der Waals surface area contributed by atoms with Crippen LogP contribution in [0.4, 0.5) is 5.82 Å². The van der Waals surface area contributed by atoms with Crippen molar-refractivity contribution >= 4 is 51.7 Å². The maximum Gasteiger partial charge on any atom is 0.267 e. The molecule has 4 rings (SSSR count). The maximum atomic E-state index is 13.6. The Morgan fingerprint density at radius 1 is 1.18 bits per heavy atom. The molecule has 0 radical (unpaired) electrons.